The Hall–Kier alpha value is -5.07. The lowest BCUT2D eigenvalue weighted by Crippen LogP contribution is -2.54. The second kappa shape index (κ2) is 9.67. The molecule has 0 spiro atoms. The lowest BCUT2D eigenvalue weighted by molar-refractivity contribution is -0.138. The molecule has 6 N–H and O–H groups in total. The summed E-state index contributed by atoms with van der Waals surface area (Å²) >= 11 is 0. The van der Waals surface area contributed by atoms with Crippen molar-refractivity contribution in [1.29, 1.82) is 0 Å². The van der Waals surface area contributed by atoms with Gasteiger partial charge in [0, 0.05) is 36.3 Å². The normalized spacial score (nSPS) is 22.2. The smallest absolute Gasteiger partial charge is 0.264 e. The Morgan fingerprint density at radius 1 is 0.718 bits per heavy atom. The SMILES string of the molecule is Nc1ccc2c(c1)CN(C1CCC(=O)NC1=O)C2=O.Nc1cccc2c1C(=O)N(C1CCC(=O)NC1=O)C2=O. The first-order valence-electron chi connectivity index (χ1n) is 12.2. The number of benzene rings is 2. The molecule has 2 unspecified atom stereocenters. The van der Waals surface area contributed by atoms with E-state index in [2.05, 4.69) is 10.6 Å². The van der Waals surface area contributed by atoms with E-state index in [0.29, 0.717) is 24.2 Å². The molecule has 6 rings (SSSR count). The van der Waals surface area contributed by atoms with Crippen LogP contribution in [0.4, 0.5) is 11.4 Å². The highest BCUT2D eigenvalue weighted by Gasteiger charge is 2.45. The van der Waals surface area contributed by atoms with Crippen LogP contribution in [-0.4, -0.2) is 63.2 Å². The maximum atomic E-state index is 12.3. The molecule has 2 aromatic rings. The minimum absolute atomic E-state index is 0.0965. The lowest BCUT2D eigenvalue weighted by atomic mass is 10.0. The molecule has 4 aliphatic rings. The number of imide groups is 3. The molecule has 13 heteroatoms. The molecule has 0 radical (unpaired) electrons. The first-order chi connectivity index (χ1) is 18.6. The van der Waals surface area contributed by atoms with Crippen molar-refractivity contribution in [2.24, 2.45) is 0 Å². The molecule has 2 atom stereocenters. The molecule has 0 saturated carbocycles. The Morgan fingerprint density at radius 3 is 1.97 bits per heavy atom. The van der Waals surface area contributed by atoms with E-state index in [0.717, 1.165) is 10.5 Å². The predicted octanol–water partition coefficient (Wildman–Crippen LogP) is -0.300. The van der Waals surface area contributed by atoms with Crippen molar-refractivity contribution in [3.05, 3.63) is 58.7 Å². The van der Waals surface area contributed by atoms with E-state index in [1.54, 1.807) is 24.3 Å². The molecule has 0 bridgehead atoms. The van der Waals surface area contributed by atoms with Crippen LogP contribution in [0.3, 0.4) is 0 Å². The van der Waals surface area contributed by atoms with Gasteiger partial charge >= 0.3 is 0 Å². The van der Waals surface area contributed by atoms with Crippen molar-refractivity contribution in [2.75, 3.05) is 11.5 Å². The fraction of sp³-hybridized carbons (Fsp3) is 0.269. The number of carbonyl (C=O) groups is 7. The zero-order valence-electron chi connectivity index (χ0n) is 20.6. The number of amides is 7. The first-order valence-corrected chi connectivity index (χ1v) is 12.2. The van der Waals surface area contributed by atoms with Gasteiger partial charge < -0.3 is 16.4 Å². The quantitative estimate of drug-likeness (QED) is 0.296. The number of nitrogens with two attached hydrogens (primary N) is 2. The maximum Gasteiger partial charge on any atom is 0.264 e. The molecule has 2 fully saturated rings. The van der Waals surface area contributed by atoms with Crippen molar-refractivity contribution < 1.29 is 33.6 Å². The number of nitrogens with one attached hydrogen (secondary N) is 2. The Morgan fingerprint density at radius 2 is 1.36 bits per heavy atom. The molecule has 39 heavy (non-hydrogen) atoms. The summed E-state index contributed by atoms with van der Waals surface area (Å²) in [5, 5.41) is 4.40. The predicted molar refractivity (Wildman–Crippen MR) is 134 cm³/mol. The van der Waals surface area contributed by atoms with Crippen LogP contribution < -0.4 is 22.1 Å². The van der Waals surface area contributed by atoms with Gasteiger partial charge in [-0.25, -0.2) is 0 Å². The number of fused-ring (bicyclic) bond motifs is 2. The summed E-state index contributed by atoms with van der Waals surface area (Å²) < 4.78 is 0. The van der Waals surface area contributed by atoms with Crippen molar-refractivity contribution in [3.8, 4) is 0 Å². The van der Waals surface area contributed by atoms with Crippen LogP contribution in [-0.2, 0) is 25.7 Å². The molecule has 7 amide bonds. The van der Waals surface area contributed by atoms with Gasteiger partial charge in [0.15, 0.2) is 0 Å². The Bertz CT molecular complexity index is 1490. The molecular weight excluding hydrogens is 508 g/mol. The average molecular weight is 533 g/mol. The molecule has 200 valence electrons. The standard InChI is InChI=1S/C13H11N3O4.C13H13N3O3/c14-7-3-1-2-6-10(7)13(20)16(12(6)19)8-4-5-9(17)15-11(8)18;14-8-1-2-9-7(5-8)6-16(13(9)19)10-3-4-11(17)15-12(10)18/h1-3,8H,4-5,14H2,(H,15,17,18);1-2,5,10H,3-4,6,14H2,(H,15,17,18). The minimum atomic E-state index is -0.959. The highest BCUT2D eigenvalue weighted by atomic mass is 16.2. The molecule has 0 aromatic heterocycles. The number of carbonyl (C=O) groups excluding carboxylic acids is 7. The van der Waals surface area contributed by atoms with E-state index in [1.807, 2.05) is 0 Å². The van der Waals surface area contributed by atoms with E-state index in [-0.39, 0.29) is 47.9 Å². The molecule has 4 heterocycles. The third-order valence-electron chi connectivity index (χ3n) is 7.05. The lowest BCUT2D eigenvalue weighted by Gasteiger charge is -2.29. The van der Waals surface area contributed by atoms with Crippen molar-refractivity contribution >= 4 is 52.7 Å². The summed E-state index contributed by atoms with van der Waals surface area (Å²) in [6.07, 6.45) is 0.869. The molecular formula is C26H24N6O7. The summed E-state index contributed by atoms with van der Waals surface area (Å²) in [6, 6.07) is 8.17. The van der Waals surface area contributed by atoms with Crippen LogP contribution in [0.1, 0.15) is 62.3 Å². The number of rotatable bonds is 2. The highest BCUT2D eigenvalue weighted by Crippen LogP contribution is 2.31. The van der Waals surface area contributed by atoms with Gasteiger partial charge in [0.25, 0.3) is 17.7 Å². The van der Waals surface area contributed by atoms with E-state index in [4.69, 9.17) is 11.5 Å². The summed E-state index contributed by atoms with van der Waals surface area (Å²) in [5.74, 6) is -3.02. The van der Waals surface area contributed by atoms with Crippen molar-refractivity contribution in [3.63, 3.8) is 0 Å². The van der Waals surface area contributed by atoms with Crippen molar-refractivity contribution in [2.45, 2.75) is 44.3 Å². The van der Waals surface area contributed by atoms with Gasteiger partial charge in [-0.15, -0.1) is 0 Å². The van der Waals surface area contributed by atoms with Gasteiger partial charge in [-0.1, -0.05) is 6.07 Å². The van der Waals surface area contributed by atoms with Gasteiger partial charge in [0.2, 0.25) is 23.6 Å². The second-order valence-electron chi connectivity index (χ2n) is 9.53. The van der Waals surface area contributed by atoms with Crippen LogP contribution in [0.5, 0.6) is 0 Å². The Balaban J connectivity index is 0.000000158. The highest BCUT2D eigenvalue weighted by molar-refractivity contribution is 6.25. The number of piperidine rings is 2. The van der Waals surface area contributed by atoms with Gasteiger partial charge in [0.1, 0.15) is 12.1 Å². The van der Waals surface area contributed by atoms with E-state index in [1.165, 1.54) is 17.0 Å². The molecule has 4 aliphatic heterocycles. The average Bonchev–Trinajstić information content (AvgIpc) is 3.33. The van der Waals surface area contributed by atoms with E-state index >= 15 is 0 Å². The summed E-state index contributed by atoms with van der Waals surface area (Å²) in [4.78, 5) is 85.1. The second-order valence-corrected chi connectivity index (χ2v) is 9.53. The number of nitrogens with zero attached hydrogens (tertiary/aromatic N) is 2. The number of hydrogen-bond acceptors (Lipinski definition) is 9. The number of anilines is 2. The minimum Gasteiger partial charge on any atom is -0.399 e. The number of hydrogen-bond donors (Lipinski definition) is 4. The zero-order valence-corrected chi connectivity index (χ0v) is 20.6. The van der Waals surface area contributed by atoms with Crippen LogP contribution in [0.25, 0.3) is 0 Å². The molecule has 2 saturated heterocycles. The topological polar surface area (TPSA) is 202 Å². The maximum absolute atomic E-state index is 12.3. The van der Waals surface area contributed by atoms with Crippen LogP contribution in [0, 0.1) is 0 Å². The fourth-order valence-electron chi connectivity index (χ4n) is 5.14. The fourth-order valence-corrected chi connectivity index (χ4v) is 5.14. The van der Waals surface area contributed by atoms with Gasteiger partial charge in [-0.3, -0.25) is 49.1 Å². The molecule has 13 nitrogen and oxygen atoms in total. The Kier molecular flexibility index (Phi) is 6.34. The van der Waals surface area contributed by atoms with Gasteiger partial charge in [0.05, 0.1) is 11.1 Å². The zero-order chi connectivity index (χ0) is 28.0. The van der Waals surface area contributed by atoms with E-state index < -0.39 is 41.6 Å². The van der Waals surface area contributed by atoms with Crippen LogP contribution in [0.2, 0.25) is 0 Å². The molecule has 2 aromatic carbocycles. The van der Waals surface area contributed by atoms with Gasteiger partial charge in [-0.2, -0.15) is 0 Å². The van der Waals surface area contributed by atoms with Gasteiger partial charge in [-0.05, 0) is 48.7 Å². The third kappa shape index (κ3) is 4.47. The summed E-state index contributed by atoms with van der Waals surface area (Å²) in [7, 11) is 0. The molecule has 0 aliphatic carbocycles. The Labute approximate surface area is 221 Å². The summed E-state index contributed by atoms with van der Waals surface area (Å²) in [5.41, 5.74) is 13.9. The number of nitrogen functional groups attached to an aromatic ring is 2. The van der Waals surface area contributed by atoms with Crippen LogP contribution in [0.15, 0.2) is 36.4 Å². The van der Waals surface area contributed by atoms with E-state index in [9.17, 15) is 33.6 Å². The summed E-state index contributed by atoms with van der Waals surface area (Å²) in [6.45, 7) is 0.367. The van der Waals surface area contributed by atoms with Crippen LogP contribution >= 0.6 is 0 Å². The monoisotopic (exact) mass is 532 g/mol. The van der Waals surface area contributed by atoms with Crippen molar-refractivity contribution in [1.82, 2.24) is 20.4 Å². The largest absolute Gasteiger partial charge is 0.399 e. The third-order valence-corrected chi connectivity index (χ3v) is 7.05. The first kappa shape index (κ1) is 25.6.